The summed E-state index contributed by atoms with van der Waals surface area (Å²) in [5.41, 5.74) is 1.57. The molecule has 1 fully saturated rings. The highest BCUT2D eigenvalue weighted by Crippen LogP contribution is 2.35. The van der Waals surface area contributed by atoms with E-state index in [4.69, 9.17) is 4.74 Å². The third-order valence-electron chi connectivity index (χ3n) is 5.97. The van der Waals surface area contributed by atoms with Gasteiger partial charge in [0.2, 0.25) is 5.91 Å². The van der Waals surface area contributed by atoms with Gasteiger partial charge in [0.1, 0.15) is 11.6 Å². The third kappa shape index (κ3) is 6.11. The van der Waals surface area contributed by atoms with Crippen LogP contribution in [-0.4, -0.2) is 55.6 Å². The summed E-state index contributed by atoms with van der Waals surface area (Å²) in [7, 11) is 1.62. The van der Waals surface area contributed by atoms with E-state index in [1.807, 2.05) is 30.9 Å². The van der Waals surface area contributed by atoms with Gasteiger partial charge in [0.15, 0.2) is 0 Å². The molecule has 2 aromatic rings. The van der Waals surface area contributed by atoms with Gasteiger partial charge in [-0.1, -0.05) is 44.2 Å². The molecule has 0 unspecified atom stereocenters. The van der Waals surface area contributed by atoms with Crippen molar-refractivity contribution < 1.29 is 18.3 Å². The quantitative estimate of drug-likeness (QED) is 0.594. The predicted octanol–water partition coefficient (Wildman–Crippen LogP) is 4.31. The Bertz CT molecular complexity index is 874. The van der Waals surface area contributed by atoms with E-state index in [1.165, 1.54) is 12.1 Å². The topological polar surface area (TPSA) is 32.8 Å². The molecule has 2 atom stereocenters. The molecule has 0 saturated carbocycles. The minimum Gasteiger partial charge on any atom is -0.383 e. The largest absolute Gasteiger partial charge is 0.383 e. The Morgan fingerprint density at radius 2 is 1.94 bits per heavy atom. The van der Waals surface area contributed by atoms with Crippen LogP contribution >= 0.6 is 0 Å². The standard InChI is InChI=1S/C25H32F2N2O2/c1-18(2)25(30)29(11-12-31-3)16-21-15-28(14-20-7-4-5-10-24(20)27)17-23(21)19-8-6-9-22(26)13-19/h4-10,13,18,21,23H,11-12,14-17H2,1-3H3/t21-,23-/m0/s1. The van der Waals surface area contributed by atoms with Crippen LogP contribution in [0.2, 0.25) is 0 Å². The monoisotopic (exact) mass is 430 g/mol. The van der Waals surface area contributed by atoms with E-state index in [1.54, 1.807) is 31.4 Å². The van der Waals surface area contributed by atoms with Crippen LogP contribution < -0.4 is 0 Å². The first-order chi connectivity index (χ1) is 14.9. The van der Waals surface area contributed by atoms with Crippen molar-refractivity contribution in [1.82, 2.24) is 9.80 Å². The summed E-state index contributed by atoms with van der Waals surface area (Å²) in [6.45, 7) is 7.24. The molecule has 0 bridgehead atoms. The fourth-order valence-corrected chi connectivity index (χ4v) is 4.40. The number of carbonyl (C=O) groups is 1. The number of hydrogen-bond acceptors (Lipinski definition) is 3. The Morgan fingerprint density at radius 1 is 1.16 bits per heavy atom. The van der Waals surface area contributed by atoms with Crippen molar-refractivity contribution >= 4 is 5.91 Å². The van der Waals surface area contributed by atoms with Gasteiger partial charge < -0.3 is 9.64 Å². The number of likely N-dealkylation sites (tertiary alicyclic amines) is 1. The second-order valence-electron chi connectivity index (χ2n) is 8.64. The molecule has 0 N–H and O–H groups in total. The molecule has 1 aliphatic rings. The van der Waals surface area contributed by atoms with E-state index >= 15 is 0 Å². The number of hydrogen-bond donors (Lipinski definition) is 0. The Labute approximate surface area is 183 Å². The van der Waals surface area contributed by atoms with E-state index < -0.39 is 0 Å². The van der Waals surface area contributed by atoms with Crippen LogP contribution in [0.25, 0.3) is 0 Å². The molecule has 1 saturated heterocycles. The van der Waals surface area contributed by atoms with Crippen LogP contribution in [0.1, 0.15) is 30.9 Å². The minimum atomic E-state index is -0.265. The molecule has 0 spiro atoms. The number of carbonyl (C=O) groups excluding carboxylic acids is 1. The molecule has 3 rings (SSSR count). The Morgan fingerprint density at radius 3 is 2.61 bits per heavy atom. The molecule has 1 heterocycles. The lowest BCUT2D eigenvalue weighted by molar-refractivity contribution is -0.135. The summed E-state index contributed by atoms with van der Waals surface area (Å²) in [5.74, 6) is -0.327. The molecule has 6 heteroatoms. The first-order valence-electron chi connectivity index (χ1n) is 10.9. The van der Waals surface area contributed by atoms with Gasteiger partial charge in [-0.15, -0.1) is 0 Å². The molecule has 4 nitrogen and oxygen atoms in total. The first kappa shape index (κ1) is 23.4. The van der Waals surface area contributed by atoms with Crippen LogP contribution in [0.3, 0.4) is 0 Å². The highest BCUT2D eigenvalue weighted by atomic mass is 19.1. The normalized spacial score (nSPS) is 19.2. The molecule has 1 aliphatic heterocycles. The van der Waals surface area contributed by atoms with Crippen LogP contribution in [0.5, 0.6) is 0 Å². The zero-order valence-corrected chi connectivity index (χ0v) is 18.6. The second kappa shape index (κ2) is 10.8. The molecule has 168 valence electrons. The summed E-state index contributed by atoms with van der Waals surface area (Å²) >= 11 is 0. The number of ether oxygens (including phenoxy) is 1. The second-order valence-corrected chi connectivity index (χ2v) is 8.64. The van der Waals surface area contributed by atoms with E-state index in [0.717, 1.165) is 5.56 Å². The van der Waals surface area contributed by atoms with E-state index in [9.17, 15) is 13.6 Å². The Hall–Kier alpha value is -2.31. The molecular formula is C25H32F2N2O2. The smallest absolute Gasteiger partial charge is 0.225 e. The molecule has 0 aliphatic carbocycles. The van der Waals surface area contributed by atoms with Gasteiger partial charge in [0.25, 0.3) is 0 Å². The molecule has 0 aromatic heterocycles. The van der Waals surface area contributed by atoms with Gasteiger partial charge in [-0.05, 0) is 29.7 Å². The highest BCUT2D eigenvalue weighted by Gasteiger charge is 2.36. The Balaban J connectivity index is 1.82. The van der Waals surface area contributed by atoms with Gasteiger partial charge in [-0.2, -0.15) is 0 Å². The maximum atomic E-state index is 14.2. The summed E-state index contributed by atoms with van der Waals surface area (Å²) in [4.78, 5) is 16.9. The highest BCUT2D eigenvalue weighted by molar-refractivity contribution is 5.78. The van der Waals surface area contributed by atoms with Gasteiger partial charge in [0, 0.05) is 57.2 Å². The van der Waals surface area contributed by atoms with Crippen molar-refractivity contribution in [2.45, 2.75) is 26.3 Å². The third-order valence-corrected chi connectivity index (χ3v) is 5.97. The number of methoxy groups -OCH3 is 1. The SMILES string of the molecule is COCCN(C[C@@H]1CN(Cc2ccccc2F)C[C@H]1c1cccc(F)c1)C(=O)C(C)C. The van der Waals surface area contributed by atoms with Gasteiger partial charge in [-0.25, -0.2) is 8.78 Å². The molecule has 31 heavy (non-hydrogen) atoms. The van der Waals surface area contributed by atoms with Crippen LogP contribution in [0.15, 0.2) is 48.5 Å². The maximum Gasteiger partial charge on any atom is 0.225 e. The van der Waals surface area contributed by atoms with Crippen molar-refractivity contribution in [2.24, 2.45) is 11.8 Å². The van der Waals surface area contributed by atoms with Crippen LogP contribution in [0, 0.1) is 23.5 Å². The zero-order chi connectivity index (χ0) is 22.4. The lowest BCUT2D eigenvalue weighted by atomic mass is 9.88. The molecule has 1 amide bonds. The number of rotatable bonds is 9. The number of nitrogens with zero attached hydrogens (tertiary/aromatic N) is 2. The lowest BCUT2D eigenvalue weighted by Gasteiger charge is -2.29. The number of amides is 1. The molecule has 2 aromatic carbocycles. The maximum absolute atomic E-state index is 14.2. The van der Waals surface area contributed by atoms with E-state index in [-0.39, 0.29) is 35.3 Å². The lowest BCUT2D eigenvalue weighted by Crippen LogP contribution is -2.41. The number of benzene rings is 2. The van der Waals surface area contributed by atoms with Crippen molar-refractivity contribution in [1.29, 1.82) is 0 Å². The van der Waals surface area contributed by atoms with E-state index in [0.29, 0.717) is 44.9 Å². The fourth-order valence-electron chi connectivity index (χ4n) is 4.40. The summed E-state index contributed by atoms with van der Waals surface area (Å²) in [6, 6.07) is 13.5. The molecular weight excluding hydrogens is 398 g/mol. The average Bonchev–Trinajstić information content (AvgIpc) is 3.14. The van der Waals surface area contributed by atoms with Crippen molar-refractivity contribution in [3.63, 3.8) is 0 Å². The average molecular weight is 431 g/mol. The zero-order valence-electron chi connectivity index (χ0n) is 18.6. The number of halogens is 2. The first-order valence-corrected chi connectivity index (χ1v) is 10.9. The van der Waals surface area contributed by atoms with E-state index in [2.05, 4.69) is 4.90 Å². The molecule has 0 radical (unpaired) electrons. The minimum absolute atomic E-state index is 0.0625. The van der Waals surface area contributed by atoms with Crippen molar-refractivity contribution in [3.8, 4) is 0 Å². The summed E-state index contributed by atoms with van der Waals surface area (Å²) < 4.78 is 33.4. The van der Waals surface area contributed by atoms with Gasteiger partial charge >= 0.3 is 0 Å². The fraction of sp³-hybridized carbons (Fsp3) is 0.480. The van der Waals surface area contributed by atoms with Crippen molar-refractivity contribution in [2.75, 3.05) is 39.9 Å². The van der Waals surface area contributed by atoms with Crippen molar-refractivity contribution in [3.05, 3.63) is 71.3 Å². The predicted molar refractivity (Wildman–Crippen MR) is 118 cm³/mol. The van der Waals surface area contributed by atoms with Gasteiger partial charge in [0.05, 0.1) is 6.61 Å². The summed E-state index contributed by atoms with van der Waals surface area (Å²) in [5, 5.41) is 0. The summed E-state index contributed by atoms with van der Waals surface area (Å²) in [6.07, 6.45) is 0. The Kier molecular flexibility index (Phi) is 8.15. The van der Waals surface area contributed by atoms with Gasteiger partial charge in [-0.3, -0.25) is 9.69 Å². The van der Waals surface area contributed by atoms with Crippen LogP contribution in [-0.2, 0) is 16.1 Å². The van der Waals surface area contributed by atoms with Crippen LogP contribution in [0.4, 0.5) is 8.78 Å².